The van der Waals surface area contributed by atoms with E-state index in [1.54, 1.807) is 29.7 Å². The lowest BCUT2D eigenvalue weighted by molar-refractivity contribution is -0.129. The summed E-state index contributed by atoms with van der Waals surface area (Å²) in [5.74, 6) is -0.321. The summed E-state index contributed by atoms with van der Waals surface area (Å²) in [6, 6.07) is 11.1. The Morgan fingerprint density at radius 2 is 1.90 bits per heavy atom. The lowest BCUT2D eigenvalue weighted by Crippen LogP contribution is -2.42. The van der Waals surface area contributed by atoms with Crippen molar-refractivity contribution in [2.24, 2.45) is 0 Å². The van der Waals surface area contributed by atoms with Crippen LogP contribution in [0.1, 0.15) is 42.6 Å². The van der Waals surface area contributed by atoms with E-state index in [0.29, 0.717) is 48.2 Å². The number of carbonyl (C=O) groups excluding carboxylic acids is 1. The number of aliphatic hydroxyl groups excluding tert-OH is 1. The number of piperidine rings is 1. The fourth-order valence-electron chi connectivity index (χ4n) is 6.20. The topological polar surface area (TPSA) is 96.7 Å². The summed E-state index contributed by atoms with van der Waals surface area (Å²) in [6.45, 7) is 7.05. The van der Waals surface area contributed by atoms with Crippen molar-refractivity contribution >= 4 is 40.2 Å². The first-order valence-corrected chi connectivity index (χ1v) is 14.7. The van der Waals surface area contributed by atoms with Crippen LogP contribution in [0.2, 0.25) is 10.0 Å². The number of hydrogen-bond acceptors (Lipinski definition) is 6. The maximum atomic E-state index is 12.6. The monoisotopic (exact) mass is 597 g/mol. The molecule has 41 heavy (non-hydrogen) atoms. The molecule has 0 aliphatic carbocycles. The lowest BCUT2D eigenvalue weighted by Gasteiger charge is -2.33. The van der Waals surface area contributed by atoms with Crippen LogP contribution in [-0.2, 0) is 24.3 Å². The summed E-state index contributed by atoms with van der Waals surface area (Å²) in [6.07, 6.45) is 1.60. The Bertz CT molecular complexity index is 1670. The molecule has 1 fully saturated rings. The molecule has 216 valence electrons. The van der Waals surface area contributed by atoms with Crippen molar-refractivity contribution in [3.05, 3.63) is 73.8 Å². The van der Waals surface area contributed by atoms with Gasteiger partial charge < -0.3 is 19.3 Å². The number of aliphatic hydroxyl groups is 1. The average molecular weight is 599 g/mol. The third-order valence-electron chi connectivity index (χ3n) is 8.36. The quantitative estimate of drug-likeness (QED) is 0.347. The van der Waals surface area contributed by atoms with E-state index < -0.39 is 6.10 Å². The maximum Gasteiger partial charge on any atom is 0.420 e. The highest BCUT2D eigenvalue weighted by atomic mass is 35.5. The minimum absolute atomic E-state index is 0.0170. The van der Waals surface area contributed by atoms with E-state index in [-0.39, 0.29) is 17.7 Å². The Morgan fingerprint density at radius 3 is 2.63 bits per heavy atom. The smallest absolute Gasteiger partial charge is 0.408 e. The molecule has 1 saturated heterocycles. The number of oxazole rings is 1. The summed E-state index contributed by atoms with van der Waals surface area (Å²) in [4.78, 5) is 28.8. The number of aryl methyl sites for hydroxylation is 1. The molecular weight excluding hydrogens is 565 g/mol. The van der Waals surface area contributed by atoms with Gasteiger partial charge in [0.1, 0.15) is 0 Å². The number of nitrogens with zero attached hydrogens (tertiary/aromatic N) is 5. The highest BCUT2D eigenvalue weighted by Crippen LogP contribution is 2.33. The minimum atomic E-state index is -0.627. The van der Waals surface area contributed by atoms with Gasteiger partial charge in [0, 0.05) is 79.0 Å². The van der Waals surface area contributed by atoms with Crippen LogP contribution in [0.3, 0.4) is 0 Å². The second-order valence-corrected chi connectivity index (χ2v) is 12.0. The van der Waals surface area contributed by atoms with E-state index in [9.17, 15) is 14.7 Å². The molecule has 6 rings (SSSR count). The van der Waals surface area contributed by atoms with Crippen LogP contribution < -0.4 is 5.76 Å². The van der Waals surface area contributed by atoms with Crippen molar-refractivity contribution in [1.29, 1.82) is 0 Å². The van der Waals surface area contributed by atoms with E-state index in [1.807, 2.05) is 34.7 Å². The molecule has 9 nitrogen and oxygen atoms in total. The number of carbonyl (C=O) groups is 1. The molecule has 11 heteroatoms. The van der Waals surface area contributed by atoms with Crippen LogP contribution in [0, 0.1) is 6.92 Å². The van der Waals surface area contributed by atoms with Gasteiger partial charge in [-0.15, -0.1) is 0 Å². The van der Waals surface area contributed by atoms with Crippen molar-refractivity contribution in [3.63, 3.8) is 0 Å². The number of amides is 1. The first kappa shape index (κ1) is 28.0. The van der Waals surface area contributed by atoms with Crippen molar-refractivity contribution < 1.29 is 14.3 Å². The first-order chi connectivity index (χ1) is 19.7. The first-order valence-electron chi connectivity index (χ1n) is 14.0. The van der Waals surface area contributed by atoms with Gasteiger partial charge in [0.25, 0.3) is 0 Å². The van der Waals surface area contributed by atoms with Crippen molar-refractivity contribution in [1.82, 2.24) is 24.1 Å². The Labute approximate surface area is 247 Å². The highest BCUT2D eigenvalue weighted by molar-refractivity contribution is 6.31. The molecule has 1 unspecified atom stereocenters. The van der Waals surface area contributed by atoms with Gasteiger partial charge in [0.05, 0.1) is 23.9 Å². The largest absolute Gasteiger partial charge is 0.420 e. The Balaban J connectivity index is 1.16. The third-order valence-corrected chi connectivity index (χ3v) is 9.02. The van der Waals surface area contributed by atoms with Gasteiger partial charge in [-0.05, 0) is 55.7 Å². The molecule has 1 atom stereocenters. The summed E-state index contributed by atoms with van der Waals surface area (Å²) in [5, 5.41) is 17.4. The van der Waals surface area contributed by atoms with Gasteiger partial charge >= 0.3 is 5.76 Å². The van der Waals surface area contributed by atoms with Gasteiger partial charge in [0.15, 0.2) is 5.58 Å². The molecule has 2 aromatic carbocycles. The van der Waals surface area contributed by atoms with Crippen LogP contribution in [-0.4, -0.2) is 67.4 Å². The summed E-state index contributed by atoms with van der Waals surface area (Å²) >= 11 is 12.5. The third kappa shape index (κ3) is 5.56. The zero-order valence-electron chi connectivity index (χ0n) is 23.1. The SMILES string of the molecule is CC(=O)N1CCc2c(c(-c3ccc(Cl)c(C)c3)nn2CC(O)CN2CCC(n3c(=O)oc4ccc(Cl)cc43)CC2)C1. The fraction of sp³-hybridized carbons (Fsp3) is 0.433. The highest BCUT2D eigenvalue weighted by Gasteiger charge is 2.29. The molecule has 2 aliphatic rings. The van der Waals surface area contributed by atoms with Crippen molar-refractivity contribution in [2.45, 2.75) is 58.3 Å². The van der Waals surface area contributed by atoms with Crippen LogP contribution in [0.25, 0.3) is 22.4 Å². The van der Waals surface area contributed by atoms with Gasteiger partial charge in [-0.3, -0.25) is 14.0 Å². The molecule has 0 saturated carbocycles. The van der Waals surface area contributed by atoms with Gasteiger partial charge in [-0.2, -0.15) is 5.10 Å². The molecule has 0 spiro atoms. The number of rotatable bonds is 6. The molecule has 4 heterocycles. The van der Waals surface area contributed by atoms with Gasteiger partial charge in [-0.25, -0.2) is 4.79 Å². The second kappa shape index (κ2) is 11.3. The Morgan fingerprint density at radius 1 is 1.12 bits per heavy atom. The second-order valence-electron chi connectivity index (χ2n) is 11.1. The van der Waals surface area contributed by atoms with E-state index in [0.717, 1.165) is 59.5 Å². The molecule has 0 bridgehead atoms. The molecule has 2 aliphatic heterocycles. The Hall–Kier alpha value is -3.11. The average Bonchev–Trinajstić information content (AvgIpc) is 3.46. The predicted molar refractivity (Wildman–Crippen MR) is 158 cm³/mol. The number of β-amino-alcohol motifs (C(OH)–C–C–N with tert-alkyl or cyclic N) is 1. The number of benzene rings is 2. The normalized spacial score (nSPS) is 17.2. The van der Waals surface area contributed by atoms with Crippen LogP contribution in [0.5, 0.6) is 0 Å². The number of aromatic nitrogens is 3. The molecule has 0 radical (unpaired) electrons. The summed E-state index contributed by atoms with van der Waals surface area (Å²) in [5.41, 5.74) is 6.10. The van der Waals surface area contributed by atoms with Crippen LogP contribution >= 0.6 is 23.2 Å². The van der Waals surface area contributed by atoms with Crippen LogP contribution in [0.4, 0.5) is 0 Å². The zero-order chi connectivity index (χ0) is 28.8. The van der Waals surface area contributed by atoms with E-state index in [4.69, 9.17) is 32.7 Å². The number of fused-ring (bicyclic) bond motifs is 2. The Kier molecular flexibility index (Phi) is 7.72. The van der Waals surface area contributed by atoms with Gasteiger partial charge in [-0.1, -0.05) is 29.3 Å². The van der Waals surface area contributed by atoms with E-state index in [1.165, 1.54) is 0 Å². The van der Waals surface area contributed by atoms with Crippen molar-refractivity contribution in [2.75, 3.05) is 26.2 Å². The summed E-state index contributed by atoms with van der Waals surface area (Å²) in [7, 11) is 0. The van der Waals surface area contributed by atoms with Gasteiger partial charge in [0.2, 0.25) is 5.91 Å². The molecule has 4 aromatic rings. The molecule has 1 N–H and O–H groups in total. The lowest BCUT2D eigenvalue weighted by atomic mass is 9.99. The number of likely N-dealkylation sites (tertiary alicyclic amines) is 1. The number of halogens is 2. The van der Waals surface area contributed by atoms with Crippen LogP contribution in [0.15, 0.2) is 45.6 Å². The molecular formula is C30H33Cl2N5O4. The van der Waals surface area contributed by atoms with E-state index >= 15 is 0 Å². The predicted octanol–water partition coefficient (Wildman–Crippen LogP) is 4.68. The molecule has 1 amide bonds. The fourth-order valence-corrected chi connectivity index (χ4v) is 6.49. The minimum Gasteiger partial charge on any atom is -0.408 e. The van der Waals surface area contributed by atoms with Crippen molar-refractivity contribution in [3.8, 4) is 11.3 Å². The standard InChI is InChI=1S/C30H33Cl2N5O4/c1-18-13-20(3-5-25(18)32)29-24-17-35(19(2)38)12-9-26(24)36(33-29)16-23(39)15-34-10-7-22(8-11-34)37-27-14-21(31)4-6-28(27)41-30(37)40/h3-6,13-14,22-23,39H,7-12,15-17H2,1-2H3. The molecule has 2 aromatic heterocycles. The maximum absolute atomic E-state index is 12.6. The summed E-state index contributed by atoms with van der Waals surface area (Å²) < 4.78 is 9.07. The zero-order valence-corrected chi connectivity index (χ0v) is 24.7. The van der Waals surface area contributed by atoms with E-state index in [2.05, 4.69) is 4.90 Å². The number of hydrogen-bond donors (Lipinski definition) is 1.